The largest absolute Gasteiger partial charge is 0.494 e. The molecule has 6 nitrogen and oxygen atoms in total. The summed E-state index contributed by atoms with van der Waals surface area (Å²) in [6.45, 7) is 4.23. The summed E-state index contributed by atoms with van der Waals surface area (Å²) in [4.78, 5) is 12.1. The highest BCUT2D eigenvalue weighted by molar-refractivity contribution is 5.89. The average molecular weight is 320 g/mol. The van der Waals surface area contributed by atoms with Crippen molar-refractivity contribution in [1.29, 1.82) is 0 Å². The van der Waals surface area contributed by atoms with Crippen LogP contribution in [0.4, 0.5) is 14.9 Å². The number of rotatable bonds is 6. The van der Waals surface area contributed by atoms with Gasteiger partial charge in [0.1, 0.15) is 11.6 Å². The number of carbonyl (C=O) groups excluding carboxylic acids is 1. The first kappa shape index (κ1) is 16.8. The highest BCUT2D eigenvalue weighted by atomic mass is 19.1. The Labute approximate surface area is 134 Å². The monoisotopic (exact) mass is 320 g/mol. The van der Waals surface area contributed by atoms with E-state index in [4.69, 9.17) is 4.74 Å². The second-order valence-corrected chi connectivity index (χ2v) is 5.01. The van der Waals surface area contributed by atoms with Gasteiger partial charge in [0.05, 0.1) is 24.0 Å². The standard InChI is InChI=1S/C16H21FN4O2/c1-4-13(15-8-9-18-21(15)3)19-16(22)20-14-7-6-11(23-5-2)10-12(14)17/h6-10,13H,4-5H2,1-3H3,(H2,19,20,22). The predicted octanol–water partition coefficient (Wildman–Crippen LogP) is 3.23. The van der Waals surface area contributed by atoms with Crippen LogP contribution in [0.2, 0.25) is 0 Å². The number of aromatic nitrogens is 2. The van der Waals surface area contributed by atoms with E-state index in [1.807, 2.05) is 27.0 Å². The minimum atomic E-state index is -0.542. The lowest BCUT2D eigenvalue weighted by Gasteiger charge is -2.18. The molecule has 2 aromatic rings. The van der Waals surface area contributed by atoms with Crippen molar-refractivity contribution < 1.29 is 13.9 Å². The number of hydrogen-bond acceptors (Lipinski definition) is 3. The van der Waals surface area contributed by atoms with Crippen molar-refractivity contribution >= 4 is 11.7 Å². The molecule has 2 N–H and O–H groups in total. The molecule has 0 saturated carbocycles. The molecule has 1 aromatic carbocycles. The fourth-order valence-electron chi connectivity index (χ4n) is 2.28. The molecule has 124 valence electrons. The number of hydrogen-bond donors (Lipinski definition) is 2. The van der Waals surface area contributed by atoms with Gasteiger partial charge >= 0.3 is 6.03 Å². The van der Waals surface area contributed by atoms with Gasteiger partial charge in [-0.15, -0.1) is 0 Å². The maximum Gasteiger partial charge on any atom is 0.319 e. The van der Waals surface area contributed by atoms with Crippen LogP contribution >= 0.6 is 0 Å². The molecule has 0 aliphatic rings. The summed E-state index contributed by atoms with van der Waals surface area (Å²) in [5.74, 6) is -0.114. The van der Waals surface area contributed by atoms with Crippen LogP contribution in [0.5, 0.6) is 5.75 Å². The Morgan fingerprint density at radius 3 is 2.74 bits per heavy atom. The van der Waals surface area contributed by atoms with Gasteiger partial charge in [0.15, 0.2) is 0 Å². The van der Waals surface area contributed by atoms with Gasteiger partial charge in [0.2, 0.25) is 0 Å². The number of anilines is 1. The van der Waals surface area contributed by atoms with Crippen LogP contribution in [-0.4, -0.2) is 22.4 Å². The first-order valence-corrected chi connectivity index (χ1v) is 7.52. The van der Waals surface area contributed by atoms with Gasteiger partial charge in [0.25, 0.3) is 0 Å². The van der Waals surface area contributed by atoms with E-state index in [1.54, 1.807) is 16.9 Å². The molecule has 0 radical (unpaired) electrons. The summed E-state index contributed by atoms with van der Waals surface area (Å²) in [6, 6.07) is 5.50. The van der Waals surface area contributed by atoms with E-state index in [0.29, 0.717) is 18.8 Å². The summed E-state index contributed by atoms with van der Waals surface area (Å²) in [5.41, 5.74) is 0.987. The zero-order valence-corrected chi connectivity index (χ0v) is 13.5. The molecule has 0 aliphatic carbocycles. The van der Waals surface area contributed by atoms with Crippen LogP contribution < -0.4 is 15.4 Å². The lowest BCUT2D eigenvalue weighted by Crippen LogP contribution is -2.33. The topological polar surface area (TPSA) is 68.2 Å². The van der Waals surface area contributed by atoms with E-state index < -0.39 is 11.8 Å². The molecule has 1 atom stereocenters. The molecule has 1 aromatic heterocycles. The molecule has 0 bridgehead atoms. The van der Waals surface area contributed by atoms with E-state index in [1.165, 1.54) is 12.1 Å². The second-order valence-electron chi connectivity index (χ2n) is 5.01. The molecular formula is C16H21FN4O2. The van der Waals surface area contributed by atoms with Crippen molar-refractivity contribution in [3.63, 3.8) is 0 Å². The summed E-state index contributed by atoms with van der Waals surface area (Å²) in [7, 11) is 1.81. The van der Waals surface area contributed by atoms with Gasteiger partial charge in [-0.2, -0.15) is 5.10 Å². The Morgan fingerprint density at radius 1 is 1.39 bits per heavy atom. The number of ether oxygens (including phenoxy) is 1. The van der Waals surface area contributed by atoms with Crippen molar-refractivity contribution in [1.82, 2.24) is 15.1 Å². The minimum Gasteiger partial charge on any atom is -0.494 e. The third-order valence-corrected chi connectivity index (χ3v) is 3.43. The maximum atomic E-state index is 14.0. The molecule has 7 heteroatoms. The molecule has 0 aliphatic heterocycles. The van der Waals surface area contributed by atoms with E-state index in [9.17, 15) is 9.18 Å². The molecule has 0 spiro atoms. The summed E-state index contributed by atoms with van der Waals surface area (Å²) in [6.07, 6.45) is 2.36. The Morgan fingerprint density at radius 2 is 2.17 bits per heavy atom. The Bertz CT molecular complexity index is 672. The number of urea groups is 1. The number of nitrogens with one attached hydrogen (secondary N) is 2. The van der Waals surface area contributed by atoms with Crippen molar-refractivity contribution in [2.75, 3.05) is 11.9 Å². The fraction of sp³-hybridized carbons (Fsp3) is 0.375. The van der Waals surface area contributed by atoms with E-state index in [-0.39, 0.29) is 11.7 Å². The number of halogens is 1. The van der Waals surface area contributed by atoms with Crippen LogP contribution in [-0.2, 0) is 7.05 Å². The SMILES string of the molecule is CCOc1ccc(NC(=O)NC(CC)c2ccnn2C)c(F)c1. The van der Waals surface area contributed by atoms with Crippen molar-refractivity contribution in [3.8, 4) is 5.75 Å². The van der Waals surface area contributed by atoms with Crippen LogP contribution in [0.3, 0.4) is 0 Å². The molecule has 1 unspecified atom stereocenters. The molecule has 2 rings (SSSR count). The van der Waals surface area contributed by atoms with Gasteiger partial charge in [-0.1, -0.05) is 6.92 Å². The highest BCUT2D eigenvalue weighted by Gasteiger charge is 2.16. The maximum absolute atomic E-state index is 14.0. The summed E-state index contributed by atoms with van der Waals surface area (Å²) < 4.78 is 20.9. The Kier molecular flexibility index (Phi) is 5.56. The number of aryl methyl sites for hydroxylation is 1. The lowest BCUT2D eigenvalue weighted by molar-refractivity contribution is 0.247. The van der Waals surface area contributed by atoms with Gasteiger partial charge in [-0.05, 0) is 31.5 Å². The summed E-state index contributed by atoms with van der Waals surface area (Å²) >= 11 is 0. The molecule has 1 heterocycles. The van der Waals surface area contributed by atoms with E-state index in [0.717, 1.165) is 5.69 Å². The van der Waals surface area contributed by atoms with Crippen molar-refractivity contribution in [3.05, 3.63) is 42.0 Å². The third kappa shape index (κ3) is 4.21. The highest BCUT2D eigenvalue weighted by Crippen LogP contribution is 2.21. The Balaban J connectivity index is 2.03. The number of carbonyl (C=O) groups is 1. The number of amides is 2. The first-order valence-electron chi connectivity index (χ1n) is 7.52. The molecule has 2 amide bonds. The molecule has 0 fully saturated rings. The van der Waals surface area contributed by atoms with Crippen molar-refractivity contribution in [2.45, 2.75) is 26.3 Å². The van der Waals surface area contributed by atoms with Crippen molar-refractivity contribution in [2.24, 2.45) is 7.05 Å². The van der Waals surface area contributed by atoms with Crippen LogP contribution in [0.15, 0.2) is 30.5 Å². The molecule has 0 saturated heterocycles. The van der Waals surface area contributed by atoms with Crippen LogP contribution in [0.25, 0.3) is 0 Å². The second kappa shape index (κ2) is 7.62. The Hall–Kier alpha value is -2.57. The molecular weight excluding hydrogens is 299 g/mol. The number of nitrogens with zero attached hydrogens (tertiary/aromatic N) is 2. The van der Waals surface area contributed by atoms with Gasteiger partial charge in [0, 0.05) is 19.3 Å². The normalized spacial score (nSPS) is 11.8. The zero-order chi connectivity index (χ0) is 16.8. The van der Waals surface area contributed by atoms with Crippen LogP contribution in [0.1, 0.15) is 32.0 Å². The zero-order valence-electron chi connectivity index (χ0n) is 13.5. The molecule has 23 heavy (non-hydrogen) atoms. The predicted molar refractivity (Wildman–Crippen MR) is 86.0 cm³/mol. The van der Waals surface area contributed by atoms with Gasteiger partial charge in [-0.3, -0.25) is 4.68 Å². The number of benzene rings is 1. The average Bonchev–Trinajstić information content (AvgIpc) is 2.94. The van der Waals surface area contributed by atoms with Gasteiger partial charge < -0.3 is 15.4 Å². The van der Waals surface area contributed by atoms with E-state index >= 15 is 0 Å². The van der Waals surface area contributed by atoms with E-state index in [2.05, 4.69) is 15.7 Å². The lowest BCUT2D eigenvalue weighted by atomic mass is 10.1. The third-order valence-electron chi connectivity index (χ3n) is 3.43. The quantitative estimate of drug-likeness (QED) is 0.858. The van der Waals surface area contributed by atoms with Gasteiger partial charge in [-0.25, -0.2) is 9.18 Å². The van der Waals surface area contributed by atoms with Crippen LogP contribution in [0, 0.1) is 5.82 Å². The smallest absolute Gasteiger partial charge is 0.319 e. The first-order chi connectivity index (χ1) is 11.0. The minimum absolute atomic E-state index is 0.103. The summed E-state index contributed by atoms with van der Waals surface area (Å²) in [5, 5.41) is 9.42. The fourth-order valence-corrected chi connectivity index (χ4v) is 2.28.